The van der Waals surface area contributed by atoms with Crippen LogP contribution < -0.4 is 16.4 Å². The van der Waals surface area contributed by atoms with Crippen LogP contribution in [0.25, 0.3) is 0 Å². The molecule has 0 radical (unpaired) electrons. The summed E-state index contributed by atoms with van der Waals surface area (Å²) in [6.45, 7) is 0.579. The Morgan fingerprint density at radius 2 is 2.00 bits per heavy atom. The molecule has 1 fully saturated rings. The summed E-state index contributed by atoms with van der Waals surface area (Å²) in [5.74, 6) is -0.530. The highest BCUT2D eigenvalue weighted by Crippen LogP contribution is 2.28. The second kappa shape index (κ2) is 9.52. The lowest BCUT2D eigenvalue weighted by Crippen LogP contribution is -2.30. The number of hydrogen-bond acceptors (Lipinski definition) is 3. The molecule has 4 N–H and O–H groups in total. The zero-order valence-corrected chi connectivity index (χ0v) is 14.5. The first-order chi connectivity index (χ1) is 11.6. The standard InChI is InChI=1S/C17H24FN3O2S/c18-15-8-7-12(11-14(15)16(19)22)21-17(23)20-9-4-10-24-13-5-2-1-3-6-13/h7-8,11,13H,1-6,9-10H2,(H2,19,22)(H2,20,21,23). The Hall–Kier alpha value is -1.76. The third-order valence-corrected chi connectivity index (χ3v) is 5.47. The van der Waals surface area contributed by atoms with Gasteiger partial charge in [0.15, 0.2) is 0 Å². The van der Waals surface area contributed by atoms with Gasteiger partial charge in [-0.2, -0.15) is 11.8 Å². The van der Waals surface area contributed by atoms with Gasteiger partial charge in [0.25, 0.3) is 5.91 Å². The van der Waals surface area contributed by atoms with Gasteiger partial charge in [-0.05, 0) is 43.2 Å². The van der Waals surface area contributed by atoms with Gasteiger partial charge in [0.05, 0.1) is 5.56 Å². The van der Waals surface area contributed by atoms with Crippen LogP contribution in [0.2, 0.25) is 0 Å². The Kier molecular flexibility index (Phi) is 7.36. The molecule has 1 saturated carbocycles. The summed E-state index contributed by atoms with van der Waals surface area (Å²) in [6.07, 6.45) is 7.56. The molecule has 0 atom stereocenters. The number of rotatable bonds is 7. The molecule has 3 amide bonds. The maximum Gasteiger partial charge on any atom is 0.319 e. The molecule has 0 heterocycles. The molecule has 1 aliphatic rings. The van der Waals surface area contributed by atoms with Crippen molar-refractivity contribution in [2.24, 2.45) is 5.73 Å². The highest BCUT2D eigenvalue weighted by molar-refractivity contribution is 7.99. The largest absolute Gasteiger partial charge is 0.366 e. The van der Waals surface area contributed by atoms with Gasteiger partial charge in [0, 0.05) is 17.5 Å². The SMILES string of the molecule is NC(=O)c1cc(NC(=O)NCCCSC2CCCCC2)ccc1F. The Bertz CT molecular complexity index is 577. The Balaban J connectivity index is 1.66. The van der Waals surface area contributed by atoms with E-state index in [1.165, 1.54) is 44.2 Å². The van der Waals surface area contributed by atoms with E-state index in [0.29, 0.717) is 12.2 Å². The fraction of sp³-hybridized carbons (Fsp3) is 0.529. The Morgan fingerprint density at radius 1 is 1.25 bits per heavy atom. The average molecular weight is 353 g/mol. The summed E-state index contributed by atoms with van der Waals surface area (Å²) >= 11 is 2.00. The van der Waals surface area contributed by atoms with Crippen LogP contribution in [0.3, 0.4) is 0 Å². The number of halogens is 1. The molecule has 5 nitrogen and oxygen atoms in total. The molecule has 132 valence electrons. The Labute approximate surface area is 145 Å². The highest BCUT2D eigenvalue weighted by Gasteiger charge is 2.13. The van der Waals surface area contributed by atoms with Crippen LogP contribution in [-0.2, 0) is 0 Å². The van der Waals surface area contributed by atoms with Crippen molar-refractivity contribution in [3.8, 4) is 0 Å². The van der Waals surface area contributed by atoms with Crippen molar-refractivity contribution < 1.29 is 14.0 Å². The van der Waals surface area contributed by atoms with Crippen molar-refractivity contribution in [3.63, 3.8) is 0 Å². The van der Waals surface area contributed by atoms with E-state index in [4.69, 9.17) is 5.73 Å². The summed E-state index contributed by atoms with van der Waals surface area (Å²) in [6, 6.07) is 3.35. The third-order valence-electron chi connectivity index (χ3n) is 4.00. The second-order valence-electron chi connectivity index (χ2n) is 5.92. The molecule has 0 unspecified atom stereocenters. The maximum absolute atomic E-state index is 13.4. The third kappa shape index (κ3) is 6.03. The molecular formula is C17H24FN3O2S. The number of carbonyl (C=O) groups excluding carboxylic acids is 2. The average Bonchev–Trinajstić information content (AvgIpc) is 2.57. The van der Waals surface area contributed by atoms with Crippen LogP contribution in [0.15, 0.2) is 18.2 Å². The smallest absolute Gasteiger partial charge is 0.319 e. The fourth-order valence-electron chi connectivity index (χ4n) is 2.72. The minimum Gasteiger partial charge on any atom is -0.366 e. The summed E-state index contributed by atoms with van der Waals surface area (Å²) in [5, 5.41) is 6.11. The van der Waals surface area contributed by atoms with Crippen molar-refractivity contribution >= 4 is 29.4 Å². The first kappa shape index (κ1) is 18.6. The van der Waals surface area contributed by atoms with Crippen LogP contribution in [0.5, 0.6) is 0 Å². The van der Waals surface area contributed by atoms with Crippen molar-refractivity contribution in [3.05, 3.63) is 29.6 Å². The number of amides is 3. The van der Waals surface area contributed by atoms with Crippen LogP contribution in [0, 0.1) is 5.82 Å². The van der Waals surface area contributed by atoms with Crippen molar-refractivity contribution in [1.82, 2.24) is 5.32 Å². The monoisotopic (exact) mass is 353 g/mol. The van der Waals surface area contributed by atoms with Gasteiger partial charge < -0.3 is 16.4 Å². The first-order valence-electron chi connectivity index (χ1n) is 8.32. The quantitative estimate of drug-likeness (QED) is 0.656. The molecule has 0 bridgehead atoms. The predicted octanol–water partition coefficient (Wildman–Crippen LogP) is 3.50. The number of carbonyl (C=O) groups is 2. The highest BCUT2D eigenvalue weighted by atomic mass is 32.2. The molecule has 0 saturated heterocycles. The number of benzene rings is 1. The van der Waals surface area contributed by atoms with Gasteiger partial charge >= 0.3 is 6.03 Å². The number of urea groups is 1. The molecule has 7 heteroatoms. The fourth-order valence-corrected chi connectivity index (χ4v) is 4.03. The number of nitrogens with one attached hydrogen (secondary N) is 2. The number of nitrogens with two attached hydrogens (primary N) is 1. The molecule has 2 rings (SSSR count). The molecule has 0 aromatic heterocycles. The normalized spacial score (nSPS) is 15.0. The molecule has 0 spiro atoms. The zero-order chi connectivity index (χ0) is 17.4. The minimum atomic E-state index is -0.865. The number of anilines is 1. The summed E-state index contributed by atoms with van der Waals surface area (Å²) in [4.78, 5) is 22.9. The zero-order valence-electron chi connectivity index (χ0n) is 13.6. The van der Waals surface area contributed by atoms with E-state index in [-0.39, 0.29) is 11.6 Å². The minimum absolute atomic E-state index is 0.239. The van der Waals surface area contributed by atoms with E-state index >= 15 is 0 Å². The molecular weight excluding hydrogens is 329 g/mol. The van der Waals surface area contributed by atoms with Crippen LogP contribution >= 0.6 is 11.8 Å². The summed E-state index contributed by atoms with van der Waals surface area (Å²) in [5.41, 5.74) is 5.17. The molecule has 1 aromatic carbocycles. The van der Waals surface area contributed by atoms with E-state index in [1.54, 1.807) is 0 Å². The van der Waals surface area contributed by atoms with Crippen molar-refractivity contribution in [2.75, 3.05) is 17.6 Å². The predicted molar refractivity (Wildman–Crippen MR) is 95.9 cm³/mol. The maximum atomic E-state index is 13.4. The number of primary amides is 1. The second-order valence-corrected chi connectivity index (χ2v) is 7.33. The topological polar surface area (TPSA) is 84.2 Å². The first-order valence-corrected chi connectivity index (χ1v) is 9.37. The van der Waals surface area contributed by atoms with Gasteiger partial charge in [0.1, 0.15) is 5.82 Å². The van der Waals surface area contributed by atoms with Crippen LogP contribution in [0.1, 0.15) is 48.9 Å². The van der Waals surface area contributed by atoms with E-state index in [0.717, 1.165) is 23.5 Å². The molecule has 24 heavy (non-hydrogen) atoms. The van der Waals surface area contributed by atoms with E-state index in [1.807, 2.05) is 11.8 Å². The lowest BCUT2D eigenvalue weighted by molar-refractivity contribution is 0.0996. The molecule has 1 aromatic rings. The van der Waals surface area contributed by atoms with Gasteiger partial charge in [-0.15, -0.1) is 0 Å². The number of hydrogen-bond donors (Lipinski definition) is 3. The number of thioether (sulfide) groups is 1. The van der Waals surface area contributed by atoms with E-state index < -0.39 is 11.7 Å². The van der Waals surface area contributed by atoms with Gasteiger partial charge in [0.2, 0.25) is 0 Å². The molecule has 0 aliphatic heterocycles. The Morgan fingerprint density at radius 3 is 2.71 bits per heavy atom. The summed E-state index contributed by atoms with van der Waals surface area (Å²) in [7, 11) is 0. The lowest BCUT2D eigenvalue weighted by Gasteiger charge is -2.20. The van der Waals surface area contributed by atoms with Crippen LogP contribution in [0.4, 0.5) is 14.9 Å². The van der Waals surface area contributed by atoms with E-state index in [2.05, 4.69) is 10.6 Å². The van der Waals surface area contributed by atoms with Gasteiger partial charge in [-0.25, -0.2) is 9.18 Å². The van der Waals surface area contributed by atoms with Crippen molar-refractivity contribution in [1.29, 1.82) is 0 Å². The lowest BCUT2D eigenvalue weighted by atomic mass is 10.0. The summed E-state index contributed by atoms with van der Waals surface area (Å²) < 4.78 is 13.4. The molecule has 1 aliphatic carbocycles. The van der Waals surface area contributed by atoms with Gasteiger partial charge in [-0.1, -0.05) is 19.3 Å². The van der Waals surface area contributed by atoms with E-state index in [9.17, 15) is 14.0 Å². The van der Waals surface area contributed by atoms with Crippen molar-refractivity contribution in [2.45, 2.75) is 43.8 Å². The van der Waals surface area contributed by atoms with Gasteiger partial charge in [-0.3, -0.25) is 4.79 Å². The van der Waals surface area contributed by atoms with Crippen LogP contribution in [-0.4, -0.2) is 29.5 Å².